The molecule has 94 valence electrons. The Labute approximate surface area is 104 Å². The first-order chi connectivity index (χ1) is 8.03. The fourth-order valence-corrected chi connectivity index (χ4v) is 2.37. The molecule has 2 heteroatoms. The first-order valence-corrected chi connectivity index (χ1v) is 6.57. The third kappa shape index (κ3) is 2.63. The first-order valence-electron chi connectivity index (χ1n) is 6.57. The maximum Gasteiger partial charge on any atom is 0.119 e. The minimum atomic E-state index is 0.347. The van der Waals surface area contributed by atoms with E-state index in [2.05, 4.69) is 32.2 Å². The smallest absolute Gasteiger partial charge is 0.119 e. The van der Waals surface area contributed by atoms with Crippen molar-refractivity contribution in [1.82, 2.24) is 5.32 Å². The molecule has 1 atom stereocenters. The lowest BCUT2D eigenvalue weighted by Crippen LogP contribution is -2.31. The second kappa shape index (κ2) is 4.69. The molecule has 0 saturated carbocycles. The zero-order chi connectivity index (χ0) is 12.5. The third-order valence-electron chi connectivity index (χ3n) is 4.03. The van der Waals surface area contributed by atoms with E-state index >= 15 is 0 Å². The average molecular weight is 233 g/mol. The lowest BCUT2D eigenvalue weighted by molar-refractivity contribution is 0.309. The van der Waals surface area contributed by atoms with E-state index in [0.717, 1.165) is 24.9 Å². The molecule has 17 heavy (non-hydrogen) atoms. The topological polar surface area (TPSA) is 32.3 Å². The largest absolute Gasteiger partial charge is 0.508 e. The van der Waals surface area contributed by atoms with Gasteiger partial charge in [-0.2, -0.15) is 0 Å². The molecule has 2 N–H and O–H groups in total. The number of hydrogen-bond donors (Lipinski definition) is 2. The van der Waals surface area contributed by atoms with Crippen LogP contribution in [-0.2, 0) is 6.42 Å². The van der Waals surface area contributed by atoms with Crippen molar-refractivity contribution in [3.8, 4) is 5.75 Å². The van der Waals surface area contributed by atoms with Gasteiger partial charge in [0.1, 0.15) is 5.75 Å². The molecular weight excluding hydrogens is 210 g/mol. The Kier molecular flexibility index (Phi) is 3.43. The van der Waals surface area contributed by atoms with E-state index in [1.165, 1.54) is 12.0 Å². The van der Waals surface area contributed by atoms with E-state index in [-0.39, 0.29) is 0 Å². The normalized spacial score (nSPS) is 19.4. The zero-order valence-corrected chi connectivity index (χ0v) is 11.1. The summed E-state index contributed by atoms with van der Waals surface area (Å²) in [6.45, 7) is 7.84. The van der Waals surface area contributed by atoms with Crippen LogP contribution in [-0.4, -0.2) is 11.7 Å². The fraction of sp³-hybridized carbons (Fsp3) is 0.600. The molecule has 1 aliphatic rings. The highest BCUT2D eigenvalue weighted by atomic mass is 16.3. The molecule has 2 rings (SSSR count). The van der Waals surface area contributed by atoms with E-state index < -0.39 is 0 Å². The molecule has 1 unspecified atom stereocenters. The Hall–Kier alpha value is -1.02. The minimum absolute atomic E-state index is 0.347. The molecular formula is C15H23NO. The van der Waals surface area contributed by atoms with Gasteiger partial charge in [-0.05, 0) is 41.9 Å². The van der Waals surface area contributed by atoms with Crippen molar-refractivity contribution >= 4 is 0 Å². The monoisotopic (exact) mass is 233 g/mol. The summed E-state index contributed by atoms with van der Waals surface area (Å²) in [4.78, 5) is 0. The summed E-state index contributed by atoms with van der Waals surface area (Å²) in [7, 11) is 0. The lowest BCUT2D eigenvalue weighted by atomic mass is 9.90. The number of rotatable bonds is 4. The zero-order valence-electron chi connectivity index (χ0n) is 11.1. The van der Waals surface area contributed by atoms with Gasteiger partial charge < -0.3 is 10.4 Å². The van der Waals surface area contributed by atoms with Crippen molar-refractivity contribution in [2.24, 2.45) is 5.41 Å². The van der Waals surface area contributed by atoms with Crippen LogP contribution >= 0.6 is 0 Å². The van der Waals surface area contributed by atoms with E-state index in [0.29, 0.717) is 17.2 Å². The van der Waals surface area contributed by atoms with Crippen molar-refractivity contribution < 1.29 is 5.11 Å². The number of fused-ring (bicyclic) bond motifs is 1. The van der Waals surface area contributed by atoms with Crippen molar-refractivity contribution in [1.29, 1.82) is 0 Å². The molecule has 0 radical (unpaired) electrons. The van der Waals surface area contributed by atoms with E-state index in [1.54, 1.807) is 6.07 Å². The number of phenols is 1. The number of nitrogens with one attached hydrogen (secondary N) is 1. The van der Waals surface area contributed by atoms with Gasteiger partial charge in [-0.3, -0.25) is 0 Å². The Morgan fingerprint density at radius 2 is 2.18 bits per heavy atom. The number of phenolic OH excluding ortho intramolecular Hbond substituents is 1. The summed E-state index contributed by atoms with van der Waals surface area (Å²) in [6, 6.07) is 6.29. The van der Waals surface area contributed by atoms with Crippen LogP contribution in [0, 0.1) is 5.41 Å². The highest BCUT2D eigenvalue weighted by Gasteiger charge is 2.26. The summed E-state index contributed by atoms with van der Waals surface area (Å²) in [5, 5.41) is 13.4. The SMILES string of the molecule is CCC(C)(C)CNC1CCc2c(O)cccc21. The van der Waals surface area contributed by atoms with Crippen LogP contribution in [0.25, 0.3) is 0 Å². The standard InChI is InChI=1S/C15H23NO/c1-4-15(2,3)10-16-13-9-8-12-11(13)6-5-7-14(12)17/h5-7,13,16-17H,4,8-10H2,1-3H3. The van der Waals surface area contributed by atoms with Crippen LogP contribution in [0.3, 0.4) is 0 Å². The number of aromatic hydroxyl groups is 1. The van der Waals surface area contributed by atoms with Gasteiger partial charge in [0.25, 0.3) is 0 Å². The van der Waals surface area contributed by atoms with Crippen LogP contribution in [0.15, 0.2) is 18.2 Å². The van der Waals surface area contributed by atoms with Crippen molar-refractivity contribution in [3.63, 3.8) is 0 Å². The Bertz CT molecular complexity index is 398. The molecule has 0 aliphatic heterocycles. The molecule has 0 saturated heterocycles. The maximum absolute atomic E-state index is 9.80. The van der Waals surface area contributed by atoms with E-state index in [9.17, 15) is 5.11 Å². The summed E-state index contributed by atoms with van der Waals surface area (Å²) >= 11 is 0. The molecule has 2 nitrogen and oxygen atoms in total. The summed E-state index contributed by atoms with van der Waals surface area (Å²) in [5.41, 5.74) is 2.77. The fourth-order valence-electron chi connectivity index (χ4n) is 2.37. The second-order valence-electron chi connectivity index (χ2n) is 5.83. The molecule has 0 fully saturated rings. The van der Waals surface area contributed by atoms with Crippen LogP contribution < -0.4 is 5.32 Å². The average Bonchev–Trinajstić information content (AvgIpc) is 2.71. The quantitative estimate of drug-likeness (QED) is 0.835. The maximum atomic E-state index is 9.80. The number of hydrogen-bond acceptors (Lipinski definition) is 2. The van der Waals surface area contributed by atoms with Crippen LogP contribution in [0.4, 0.5) is 0 Å². The third-order valence-corrected chi connectivity index (χ3v) is 4.03. The molecule has 1 aromatic carbocycles. The van der Waals surface area contributed by atoms with Crippen LogP contribution in [0.2, 0.25) is 0 Å². The second-order valence-corrected chi connectivity index (χ2v) is 5.83. The Morgan fingerprint density at radius 3 is 2.88 bits per heavy atom. The molecule has 0 aromatic heterocycles. The first kappa shape index (κ1) is 12.4. The Balaban J connectivity index is 2.05. The molecule has 0 heterocycles. The van der Waals surface area contributed by atoms with Gasteiger partial charge in [0.05, 0.1) is 0 Å². The van der Waals surface area contributed by atoms with E-state index in [1.807, 2.05) is 6.07 Å². The summed E-state index contributed by atoms with van der Waals surface area (Å²) in [6.07, 6.45) is 3.28. The van der Waals surface area contributed by atoms with Crippen molar-refractivity contribution in [3.05, 3.63) is 29.3 Å². The predicted octanol–water partition coefficient (Wildman–Crippen LogP) is 3.41. The molecule has 1 aromatic rings. The van der Waals surface area contributed by atoms with Crippen LogP contribution in [0.5, 0.6) is 5.75 Å². The van der Waals surface area contributed by atoms with Gasteiger partial charge in [-0.15, -0.1) is 0 Å². The van der Waals surface area contributed by atoms with Gasteiger partial charge in [0.2, 0.25) is 0 Å². The Morgan fingerprint density at radius 1 is 1.41 bits per heavy atom. The highest BCUT2D eigenvalue weighted by molar-refractivity contribution is 5.44. The minimum Gasteiger partial charge on any atom is -0.508 e. The molecule has 0 bridgehead atoms. The molecule has 1 aliphatic carbocycles. The van der Waals surface area contributed by atoms with Crippen molar-refractivity contribution in [2.45, 2.75) is 46.1 Å². The van der Waals surface area contributed by atoms with E-state index in [4.69, 9.17) is 0 Å². The number of benzene rings is 1. The summed E-state index contributed by atoms with van der Waals surface area (Å²) < 4.78 is 0. The van der Waals surface area contributed by atoms with Gasteiger partial charge in [-0.25, -0.2) is 0 Å². The molecule has 0 amide bonds. The lowest BCUT2D eigenvalue weighted by Gasteiger charge is -2.26. The van der Waals surface area contributed by atoms with Gasteiger partial charge in [-0.1, -0.05) is 32.9 Å². The highest BCUT2D eigenvalue weighted by Crippen LogP contribution is 2.36. The summed E-state index contributed by atoms with van der Waals surface area (Å²) in [5.74, 6) is 0.460. The molecule has 0 spiro atoms. The predicted molar refractivity (Wildman–Crippen MR) is 71.2 cm³/mol. The van der Waals surface area contributed by atoms with Gasteiger partial charge in [0.15, 0.2) is 0 Å². The van der Waals surface area contributed by atoms with Crippen LogP contribution in [0.1, 0.15) is 50.8 Å². The van der Waals surface area contributed by atoms with Gasteiger partial charge in [0, 0.05) is 12.6 Å². The van der Waals surface area contributed by atoms with Gasteiger partial charge >= 0.3 is 0 Å². The van der Waals surface area contributed by atoms with Crippen molar-refractivity contribution in [2.75, 3.05) is 6.54 Å².